The number of carbonyl (C=O) groups is 2. The molecule has 1 unspecified atom stereocenters. The average Bonchev–Trinajstić information content (AvgIpc) is 2.70. The Morgan fingerprint density at radius 3 is 2.45 bits per heavy atom. The fourth-order valence-corrected chi connectivity index (χ4v) is 4.30. The van der Waals surface area contributed by atoms with Crippen molar-refractivity contribution in [3.8, 4) is 0 Å². The Morgan fingerprint density at radius 2 is 1.83 bits per heavy atom. The number of amides is 2. The molecule has 0 heterocycles. The van der Waals surface area contributed by atoms with Crippen LogP contribution in [-0.2, 0) is 21.9 Å². The van der Waals surface area contributed by atoms with Gasteiger partial charge in [0.25, 0.3) is 0 Å². The van der Waals surface area contributed by atoms with Crippen LogP contribution in [0.5, 0.6) is 0 Å². The van der Waals surface area contributed by atoms with Crippen LogP contribution in [0.2, 0.25) is 10.0 Å². The summed E-state index contributed by atoms with van der Waals surface area (Å²) in [5, 5.41) is 3.85. The minimum absolute atomic E-state index is 0.0879. The standard InChI is InChI=1S/C22H26Cl2N2O2S/c1-3-20(22(28)25-4-2)26(13-17-10-11-18(23)12-19(17)24)21(27)15-29-14-16-8-6-5-7-9-16/h5-12,20H,3-4,13-15H2,1-2H3,(H,25,28). The maximum Gasteiger partial charge on any atom is 0.242 e. The van der Waals surface area contributed by atoms with Gasteiger partial charge in [0, 0.05) is 28.9 Å². The zero-order valence-corrected chi connectivity index (χ0v) is 19.0. The molecule has 7 heteroatoms. The smallest absolute Gasteiger partial charge is 0.242 e. The normalized spacial score (nSPS) is 11.7. The van der Waals surface area contributed by atoms with Crippen molar-refractivity contribution in [3.05, 3.63) is 69.7 Å². The van der Waals surface area contributed by atoms with Gasteiger partial charge in [0.15, 0.2) is 0 Å². The van der Waals surface area contributed by atoms with Crippen LogP contribution in [0.4, 0.5) is 0 Å². The molecular formula is C22H26Cl2N2O2S. The van der Waals surface area contributed by atoms with E-state index in [1.807, 2.05) is 44.2 Å². The van der Waals surface area contributed by atoms with Crippen LogP contribution in [0.1, 0.15) is 31.4 Å². The fraction of sp³-hybridized carbons (Fsp3) is 0.364. The van der Waals surface area contributed by atoms with Crippen molar-refractivity contribution < 1.29 is 9.59 Å². The van der Waals surface area contributed by atoms with Crippen LogP contribution < -0.4 is 5.32 Å². The molecule has 0 spiro atoms. The van der Waals surface area contributed by atoms with Crippen molar-refractivity contribution >= 4 is 46.8 Å². The van der Waals surface area contributed by atoms with Gasteiger partial charge in [-0.15, -0.1) is 11.8 Å². The van der Waals surface area contributed by atoms with Gasteiger partial charge >= 0.3 is 0 Å². The molecule has 0 bridgehead atoms. The summed E-state index contributed by atoms with van der Waals surface area (Å²) < 4.78 is 0. The number of thioether (sulfide) groups is 1. The molecule has 0 aliphatic heterocycles. The Balaban J connectivity index is 2.15. The molecule has 0 radical (unpaired) electrons. The van der Waals surface area contributed by atoms with Gasteiger partial charge < -0.3 is 10.2 Å². The Bertz CT molecular complexity index is 818. The van der Waals surface area contributed by atoms with Crippen LogP contribution in [0, 0.1) is 0 Å². The molecule has 0 aliphatic rings. The Kier molecular flexibility index (Phi) is 9.85. The van der Waals surface area contributed by atoms with Crippen molar-refractivity contribution in [2.75, 3.05) is 12.3 Å². The van der Waals surface area contributed by atoms with Crippen LogP contribution in [0.3, 0.4) is 0 Å². The van der Waals surface area contributed by atoms with E-state index in [4.69, 9.17) is 23.2 Å². The van der Waals surface area contributed by atoms with Crippen LogP contribution in [0.15, 0.2) is 48.5 Å². The second-order valence-corrected chi connectivity index (χ2v) is 8.38. The Labute approximate surface area is 187 Å². The van der Waals surface area contributed by atoms with E-state index >= 15 is 0 Å². The fourth-order valence-electron chi connectivity index (χ4n) is 2.96. The molecule has 2 rings (SSSR count). The largest absolute Gasteiger partial charge is 0.355 e. The van der Waals surface area contributed by atoms with Gasteiger partial charge in [-0.25, -0.2) is 0 Å². The second-order valence-electron chi connectivity index (χ2n) is 6.55. The summed E-state index contributed by atoms with van der Waals surface area (Å²) in [6.07, 6.45) is 0.520. The van der Waals surface area contributed by atoms with Gasteiger partial charge in [0.05, 0.1) is 5.75 Å². The van der Waals surface area contributed by atoms with Gasteiger partial charge in [0.1, 0.15) is 6.04 Å². The van der Waals surface area contributed by atoms with Crippen molar-refractivity contribution in [2.24, 2.45) is 0 Å². The van der Waals surface area contributed by atoms with Crippen molar-refractivity contribution in [2.45, 2.75) is 38.6 Å². The quantitative estimate of drug-likeness (QED) is 0.540. The third kappa shape index (κ3) is 7.25. The maximum absolute atomic E-state index is 13.1. The van der Waals surface area contributed by atoms with E-state index in [9.17, 15) is 9.59 Å². The number of hydrogen-bond acceptors (Lipinski definition) is 3. The molecule has 4 nitrogen and oxygen atoms in total. The van der Waals surface area contributed by atoms with Gasteiger partial charge in [-0.2, -0.15) is 0 Å². The first-order valence-corrected chi connectivity index (χ1v) is 11.5. The summed E-state index contributed by atoms with van der Waals surface area (Å²) in [5.41, 5.74) is 1.92. The topological polar surface area (TPSA) is 49.4 Å². The van der Waals surface area contributed by atoms with Crippen molar-refractivity contribution in [3.63, 3.8) is 0 Å². The molecule has 29 heavy (non-hydrogen) atoms. The van der Waals surface area contributed by atoms with Crippen LogP contribution in [0.25, 0.3) is 0 Å². The monoisotopic (exact) mass is 452 g/mol. The number of halogens is 2. The second kappa shape index (κ2) is 12.1. The molecular weight excluding hydrogens is 427 g/mol. The molecule has 0 aliphatic carbocycles. The van der Waals surface area contributed by atoms with Gasteiger partial charge in [-0.3, -0.25) is 9.59 Å². The number of likely N-dealkylation sites (N-methyl/N-ethyl adjacent to an activating group) is 1. The van der Waals surface area contributed by atoms with E-state index in [1.54, 1.807) is 23.1 Å². The lowest BCUT2D eigenvalue weighted by atomic mass is 10.1. The summed E-state index contributed by atoms with van der Waals surface area (Å²) in [7, 11) is 0. The number of carbonyl (C=O) groups excluding carboxylic acids is 2. The lowest BCUT2D eigenvalue weighted by Gasteiger charge is -2.30. The van der Waals surface area contributed by atoms with Gasteiger partial charge in [-0.05, 0) is 36.6 Å². The summed E-state index contributed by atoms with van der Waals surface area (Å²) >= 11 is 13.9. The molecule has 2 aromatic rings. The molecule has 156 valence electrons. The van der Waals surface area contributed by atoms with E-state index in [0.717, 1.165) is 16.9 Å². The SMILES string of the molecule is CCNC(=O)C(CC)N(Cc1ccc(Cl)cc1Cl)C(=O)CSCc1ccccc1. The lowest BCUT2D eigenvalue weighted by molar-refractivity contribution is -0.139. The summed E-state index contributed by atoms with van der Waals surface area (Å²) in [5.74, 6) is 0.785. The molecule has 0 fully saturated rings. The maximum atomic E-state index is 13.1. The number of nitrogens with one attached hydrogen (secondary N) is 1. The minimum Gasteiger partial charge on any atom is -0.355 e. The van der Waals surface area contributed by atoms with Gasteiger partial charge in [0.2, 0.25) is 11.8 Å². The third-order valence-electron chi connectivity index (χ3n) is 4.43. The first-order chi connectivity index (χ1) is 14.0. The molecule has 1 N–H and O–H groups in total. The van der Waals surface area contributed by atoms with Crippen LogP contribution in [-0.4, -0.2) is 35.1 Å². The molecule has 2 amide bonds. The van der Waals surface area contributed by atoms with Gasteiger partial charge in [-0.1, -0.05) is 66.5 Å². The highest BCUT2D eigenvalue weighted by molar-refractivity contribution is 7.99. The molecule has 0 saturated heterocycles. The Hall–Kier alpha value is -1.69. The predicted octanol–water partition coefficient (Wildman–Crippen LogP) is 5.17. The number of benzene rings is 2. The number of nitrogens with zero attached hydrogens (tertiary/aromatic N) is 1. The lowest BCUT2D eigenvalue weighted by Crippen LogP contribution is -2.49. The molecule has 2 aromatic carbocycles. The zero-order valence-electron chi connectivity index (χ0n) is 16.7. The van der Waals surface area contributed by atoms with E-state index in [0.29, 0.717) is 23.0 Å². The summed E-state index contributed by atoms with van der Waals surface area (Å²) in [6.45, 7) is 4.54. The predicted molar refractivity (Wildman–Crippen MR) is 122 cm³/mol. The van der Waals surface area contributed by atoms with Crippen molar-refractivity contribution in [1.29, 1.82) is 0 Å². The third-order valence-corrected chi connectivity index (χ3v) is 6.01. The van der Waals surface area contributed by atoms with Crippen LogP contribution >= 0.6 is 35.0 Å². The van der Waals surface area contributed by atoms with E-state index in [2.05, 4.69) is 5.32 Å². The summed E-state index contributed by atoms with van der Waals surface area (Å²) in [4.78, 5) is 27.3. The van der Waals surface area contributed by atoms with E-state index in [-0.39, 0.29) is 24.1 Å². The average molecular weight is 453 g/mol. The summed E-state index contributed by atoms with van der Waals surface area (Å²) in [6, 6.07) is 14.6. The first kappa shape index (κ1) is 23.6. The highest BCUT2D eigenvalue weighted by Crippen LogP contribution is 2.24. The van der Waals surface area contributed by atoms with E-state index in [1.165, 1.54) is 11.8 Å². The number of hydrogen-bond donors (Lipinski definition) is 1. The minimum atomic E-state index is -0.550. The molecule has 1 atom stereocenters. The Morgan fingerprint density at radius 1 is 1.10 bits per heavy atom. The molecule has 0 saturated carbocycles. The number of rotatable bonds is 10. The highest BCUT2D eigenvalue weighted by Gasteiger charge is 2.28. The first-order valence-electron chi connectivity index (χ1n) is 9.59. The highest BCUT2D eigenvalue weighted by atomic mass is 35.5. The van der Waals surface area contributed by atoms with Crippen molar-refractivity contribution in [1.82, 2.24) is 10.2 Å². The van der Waals surface area contributed by atoms with E-state index < -0.39 is 6.04 Å². The molecule has 0 aromatic heterocycles. The zero-order chi connectivity index (χ0) is 21.2.